The summed E-state index contributed by atoms with van der Waals surface area (Å²) in [5.74, 6) is -1.62. The van der Waals surface area contributed by atoms with Crippen molar-refractivity contribution < 1.29 is 31.2 Å². The van der Waals surface area contributed by atoms with Crippen LogP contribution in [-0.2, 0) is 14.6 Å². The largest absolute Gasteiger partial charge is 0.501 e. The van der Waals surface area contributed by atoms with Gasteiger partial charge in [0.25, 0.3) is 26.9 Å². The van der Waals surface area contributed by atoms with E-state index in [2.05, 4.69) is 20.8 Å². The number of hydrogen-bond donors (Lipinski definition) is 4. The maximum Gasteiger partial charge on any atom is 0.501 e. The van der Waals surface area contributed by atoms with Gasteiger partial charge in [-0.15, -0.1) is 0 Å². The lowest BCUT2D eigenvalue weighted by molar-refractivity contribution is -0.115. The molecule has 1 heterocycles. The van der Waals surface area contributed by atoms with E-state index in [4.69, 9.17) is 0 Å². The van der Waals surface area contributed by atoms with Gasteiger partial charge in [-0.3, -0.25) is 29.4 Å². The summed E-state index contributed by atoms with van der Waals surface area (Å²) >= 11 is 0. The molecule has 0 saturated heterocycles. The van der Waals surface area contributed by atoms with E-state index in [1.54, 1.807) is 0 Å². The molecule has 0 radical (unpaired) electrons. The van der Waals surface area contributed by atoms with Gasteiger partial charge in [-0.05, 0) is 36.4 Å². The van der Waals surface area contributed by atoms with E-state index in [0.29, 0.717) is 12.1 Å². The van der Waals surface area contributed by atoms with Crippen LogP contribution >= 0.6 is 0 Å². The van der Waals surface area contributed by atoms with Crippen molar-refractivity contribution in [1.29, 1.82) is 0 Å². The zero-order chi connectivity index (χ0) is 23.7. The number of aromatic nitrogens is 2. The molecule has 3 aromatic rings. The fraction of sp³-hybridized carbons (Fsp3) is 0.111. The molecule has 3 rings (SSSR count). The minimum absolute atomic E-state index is 0.0239. The summed E-state index contributed by atoms with van der Waals surface area (Å²) in [5.41, 5.74) is -6.89. The molecule has 32 heavy (non-hydrogen) atoms. The molecule has 0 saturated carbocycles. The highest BCUT2D eigenvalue weighted by Crippen LogP contribution is 2.30. The van der Waals surface area contributed by atoms with Crippen molar-refractivity contribution in [2.45, 2.75) is 10.4 Å². The van der Waals surface area contributed by atoms with Crippen LogP contribution in [0.3, 0.4) is 0 Å². The van der Waals surface area contributed by atoms with E-state index < -0.39 is 49.7 Å². The molecule has 1 aromatic heterocycles. The highest BCUT2D eigenvalue weighted by molar-refractivity contribution is 7.92. The van der Waals surface area contributed by atoms with Crippen LogP contribution in [0.15, 0.2) is 56.9 Å². The van der Waals surface area contributed by atoms with Crippen LogP contribution in [0.2, 0.25) is 0 Å². The molecule has 14 heteroatoms. The lowest BCUT2D eigenvalue weighted by Gasteiger charge is -2.10. The second-order valence-electron chi connectivity index (χ2n) is 6.34. The van der Waals surface area contributed by atoms with Gasteiger partial charge < -0.3 is 10.6 Å². The summed E-state index contributed by atoms with van der Waals surface area (Å²) in [5, 5.41) is 8.80. The Kier molecular flexibility index (Phi) is 5.90. The summed E-state index contributed by atoms with van der Waals surface area (Å²) in [4.78, 5) is 47.0. The predicted octanol–water partition coefficient (Wildman–Crippen LogP) is 0.878. The van der Waals surface area contributed by atoms with Crippen LogP contribution in [0, 0.1) is 0 Å². The first-order valence-corrected chi connectivity index (χ1v) is 10.1. The van der Waals surface area contributed by atoms with Gasteiger partial charge in [0.15, 0.2) is 0 Å². The molecule has 0 bridgehead atoms. The van der Waals surface area contributed by atoms with Crippen molar-refractivity contribution in [1.82, 2.24) is 15.5 Å². The number of alkyl halides is 3. The van der Waals surface area contributed by atoms with Gasteiger partial charge in [0.2, 0.25) is 5.91 Å². The second kappa shape index (κ2) is 8.30. The molecule has 2 aromatic carbocycles. The van der Waals surface area contributed by atoms with Crippen molar-refractivity contribution in [3.8, 4) is 0 Å². The first kappa shape index (κ1) is 22.7. The fourth-order valence-electron chi connectivity index (χ4n) is 2.71. The average molecular weight is 470 g/mol. The molecule has 0 unspecified atom stereocenters. The number of hydrogen-bond acceptors (Lipinski definition) is 6. The van der Waals surface area contributed by atoms with Gasteiger partial charge in [-0.2, -0.15) is 13.2 Å². The minimum Gasteiger partial charge on any atom is -0.343 e. The molecule has 168 valence electrons. The van der Waals surface area contributed by atoms with Crippen LogP contribution in [0.4, 0.5) is 18.9 Å². The van der Waals surface area contributed by atoms with Gasteiger partial charge in [0.1, 0.15) is 0 Å². The number of benzene rings is 2. The monoisotopic (exact) mass is 470 g/mol. The Balaban J connectivity index is 1.69. The van der Waals surface area contributed by atoms with Gasteiger partial charge in [0, 0.05) is 5.56 Å². The number of carbonyl (C=O) groups is 2. The molecule has 4 N–H and O–H groups in total. The molecule has 2 amide bonds. The Labute approximate surface area is 176 Å². The van der Waals surface area contributed by atoms with E-state index in [-0.39, 0.29) is 22.0 Å². The van der Waals surface area contributed by atoms with E-state index in [0.717, 1.165) is 12.1 Å². The summed E-state index contributed by atoms with van der Waals surface area (Å²) < 4.78 is 60.4. The maximum absolute atomic E-state index is 12.6. The number of carbonyl (C=O) groups excluding carboxylic acids is 2. The zero-order valence-electron chi connectivity index (χ0n) is 15.7. The Morgan fingerprint density at radius 1 is 0.938 bits per heavy atom. The molecule has 0 aliphatic heterocycles. The number of nitrogens with one attached hydrogen (secondary N) is 4. The van der Waals surface area contributed by atoms with E-state index in [9.17, 15) is 40.8 Å². The summed E-state index contributed by atoms with van der Waals surface area (Å²) in [6.45, 7) is -0.584. The van der Waals surface area contributed by atoms with Crippen LogP contribution < -0.4 is 21.8 Å². The quantitative estimate of drug-likeness (QED) is 0.433. The second-order valence-corrected chi connectivity index (χ2v) is 8.28. The maximum atomic E-state index is 12.6. The zero-order valence-corrected chi connectivity index (χ0v) is 16.6. The highest BCUT2D eigenvalue weighted by atomic mass is 32.2. The van der Waals surface area contributed by atoms with E-state index in [1.807, 2.05) is 0 Å². The fourth-order valence-corrected chi connectivity index (χ4v) is 3.47. The van der Waals surface area contributed by atoms with E-state index in [1.165, 1.54) is 18.2 Å². The van der Waals surface area contributed by atoms with Crippen LogP contribution in [-0.4, -0.2) is 42.5 Å². The smallest absolute Gasteiger partial charge is 0.343 e. The van der Waals surface area contributed by atoms with Gasteiger partial charge in [-0.25, -0.2) is 8.42 Å². The Morgan fingerprint density at radius 2 is 1.56 bits per heavy atom. The first-order valence-electron chi connectivity index (χ1n) is 8.65. The standard InChI is InChI=1S/C18H13F3N4O6S/c19-18(20,21)32(30,31)10-6-4-9(5-7-10)15(27)22-8-13(26)23-12-3-1-2-11-14(12)17(29)25-24-16(11)28/h1-7H,8H2,(H,22,27)(H,23,26)(H,24,28)(H,25,29). The minimum atomic E-state index is -5.55. The summed E-state index contributed by atoms with van der Waals surface area (Å²) in [7, 11) is -5.55. The first-order chi connectivity index (χ1) is 14.9. The number of sulfone groups is 1. The molecule has 0 aliphatic rings. The van der Waals surface area contributed by atoms with Crippen LogP contribution in [0.25, 0.3) is 10.8 Å². The molecule has 0 spiro atoms. The van der Waals surface area contributed by atoms with Crippen molar-refractivity contribution in [3.05, 3.63) is 68.7 Å². The Morgan fingerprint density at radius 3 is 2.19 bits per heavy atom. The van der Waals surface area contributed by atoms with Gasteiger partial charge in [0.05, 0.1) is 27.9 Å². The molecule has 0 fully saturated rings. The van der Waals surface area contributed by atoms with Gasteiger partial charge in [-0.1, -0.05) is 6.07 Å². The third kappa shape index (κ3) is 4.39. The number of fused-ring (bicyclic) bond motifs is 1. The number of aromatic amines is 2. The van der Waals surface area contributed by atoms with Gasteiger partial charge >= 0.3 is 5.51 Å². The molecule has 10 nitrogen and oxygen atoms in total. The Bertz CT molecular complexity index is 1430. The SMILES string of the molecule is O=C(CNC(=O)c1ccc(S(=O)(=O)C(F)(F)F)cc1)Nc1cccc2c(=O)[nH][nH]c(=O)c12. The number of amides is 2. The van der Waals surface area contributed by atoms with Crippen molar-refractivity contribution in [2.24, 2.45) is 0 Å². The number of halogens is 3. The molecule has 0 aliphatic carbocycles. The molecular formula is C18H13F3N4O6S. The lowest BCUT2D eigenvalue weighted by atomic mass is 10.1. The topological polar surface area (TPSA) is 158 Å². The average Bonchev–Trinajstić information content (AvgIpc) is 2.74. The van der Waals surface area contributed by atoms with Crippen molar-refractivity contribution in [2.75, 3.05) is 11.9 Å². The molecule has 0 atom stereocenters. The molecular weight excluding hydrogens is 457 g/mol. The van der Waals surface area contributed by atoms with E-state index >= 15 is 0 Å². The van der Waals surface area contributed by atoms with Crippen LogP contribution in [0.5, 0.6) is 0 Å². The third-order valence-corrected chi connectivity index (χ3v) is 5.74. The predicted molar refractivity (Wildman–Crippen MR) is 106 cm³/mol. The van der Waals surface area contributed by atoms with Crippen molar-refractivity contribution in [3.63, 3.8) is 0 Å². The highest BCUT2D eigenvalue weighted by Gasteiger charge is 2.46. The number of H-pyrrole nitrogens is 2. The number of anilines is 1. The Hall–Kier alpha value is -3.94. The summed E-state index contributed by atoms with van der Waals surface area (Å²) in [6, 6.07) is 7.15. The summed E-state index contributed by atoms with van der Waals surface area (Å²) in [6.07, 6.45) is 0. The van der Waals surface area contributed by atoms with Crippen molar-refractivity contribution >= 4 is 38.1 Å². The van der Waals surface area contributed by atoms with Crippen LogP contribution in [0.1, 0.15) is 10.4 Å². The number of rotatable bonds is 5. The normalized spacial score (nSPS) is 11.8. The third-order valence-electron chi connectivity index (χ3n) is 4.24. The lowest BCUT2D eigenvalue weighted by Crippen LogP contribution is -2.33.